The number of nitrogens with one attached hydrogen (secondary N) is 1. The number of hydrogen-bond acceptors (Lipinski definition) is 4. The maximum atomic E-state index is 12.4. The highest BCUT2D eigenvalue weighted by molar-refractivity contribution is 5.88. The van der Waals surface area contributed by atoms with E-state index >= 15 is 0 Å². The van der Waals surface area contributed by atoms with Crippen LogP contribution in [0.2, 0.25) is 0 Å². The predicted molar refractivity (Wildman–Crippen MR) is 63.7 cm³/mol. The molecule has 0 aliphatic carbocycles. The Balaban J connectivity index is 2.18. The van der Waals surface area contributed by atoms with Crippen LogP contribution >= 0.6 is 0 Å². The average molecular weight is 283 g/mol. The monoisotopic (exact) mass is 283 g/mol. The second kappa shape index (κ2) is 5.16. The Kier molecular flexibility index (Phi) is 3.55. The second-order valence-electron chi connectivity index (χ2n) is 3.79. The third-order valence-corrected chi connectivity index (χ3v) is 2.35. The normalized spacial score (nSPS) is 11.2. The second-order valence-corrected chi connectivity index (χ2v) is 3.79. The van der Waals surface area contributed by atoms with Gasteiger partial charge in [-0.15, -0.1) is 0 Å². The molecule has 0 amide bonds. The number of halogens is 3. The molecule has 0 unspecified atom stereocenters. The van der Waals surface area contributed by atoms with Gasteiger partial charge in [0.1, 0.15) is 11.6 Å². The van der Waals surface area contributed by atoms with Gasteiger partial charge in [-0.1, -0.05) is 0 Å². The summed E-state index contributed by atoms with van der Waals surface area (Å²) in [6.45, 7) is 0. The van der Waals surface area contributed by atoms with E-state index in [1.807, 2.05) is 0 Å². The van der Waals surface area contributed by atoms with Crippen molar-refractivity contribution in [3.8, 4) is 0 Å². The number of hydrogen-bond donors (Lipinski definition) is 2. The first-order chi connectivity index (χ1) is 9.36. The van der Waals surface area contributed by atoms with Gasteiger partial charge >= 0.3 is 12.1 Å². The molecule has 20 heavy (non-hydrogen) atoms. The molecule has 2 aromatic rings. The number of aromatic carboxylic acids is 1. The highest BCUT2D eigenvalue weighted by Gasteiger charge is 2.30. The van der Waals surface area contributed by atoms with Crippen LogP contribution in [0.4, 0.5) is 24.8 Å². The average Bonchev–Trinajstić information content (AvgIpc) is 2.38. The quantitative estimate of drug-likeness (QED) is 0.905. The van der Waals surface area contributed by atoms with E-state index in [1.165, 1.54) is 18.3 Å². The van der Waals surface area contributed by atoms with Crippen molar-refractivity contribution in [3.05, 3.63) is 47.8 Å². The van der Waals surface area contributed by atoms with Crippen molar-refractivity contribution in [2.45, 2.75) is 6.18 Å². The fourth-order valence-corrected chi connectivity index (χ4v) is 1.40. The first-order valence-corrected chi connectivity index (χ1v) is 5.36. The van der Waals surface area contributed by atoms with E-state index in [2.05, 4.69) is 15.3 Å². The molecule has 2 heterocycles. The van der Waals surface area contributed by atoms with Crippen LogP contribution in [0.15, 0.2) is 36.7 Å². The molecule has 0 saturated heterocycles. The topological polar surface area (TPSA) is 75.1 Å². The van der Waals surface area contributed by atoms with Crippen molar-refractivity contribution in [2.24, 2.45) is 0 Å². The van der Waals surface area contributed by atoms with E-state index in [4.69, 9.17) is 5.11 Å². The van der Waals surface area contributed by atoms with Crippen molar-refractivity contribution in [1.29, 1.82) is 0 Å². The summed E-state index contributed by atoms with van der Waals surface area (Å²) in [5.74, 6) is -0.818. The lowest BCUT2D eigenvalue weighted by atomic mass is 10.2. The minimum atomic E-state index is -4.45. The Hall–Kier alpha value is -2.64. The number of pyridine rings is 2. The van der Waals surface area contributed by atoms with Crippen LogP contribution in [0.25, 0.3) is 0 Å². The van der Waals surface area contributed by atoms with E-state index in [0.717, 1.165) is 12.1 Å². The number of anilines is 2. The summed E-state index contributed by atoms with van der Waals surface area (Å²) >= 11 is 0. The molecule has 0 atom stereocenters. The fourth-order valence-electron chi connectivity index (χ4n) is 1.40. The molecule has 0 saturated carbocycles. The summed E-state index contributed by atoms with van der Waals surface area (Å²) in [5.41, 5.74) is -0.857. The molecular weight excluding hydrogens is 275 g/mol. The van der Waals surface area contributed by atoms with Crippen molar-refractivity contribution in [2.75, 3.05) is 5.32 Å². The molecule has 0 aliphatic rings. The van der Waals surface area contributed by atoms with Gasteiger partial charge in [-0.2, -0.15) is 13.2 Å². The molecular formula is C12H8F3N3O2. The van der Waals surface area contributed by atoms with Gasteiger partial charge in [0.2, 0.25) is 0 Å². The summed E-state index contributed by atoms with van der Waals surface area (Å²) in [7, 11) is 0. The van der Waals surface area contributed by atoms with Gasteiger partial charge < -0.3 is 10.4 Å². The molecule has 0 radical (unpaired) electrons. The molecule has 104 valence electrons. The Bertz CT molecular complexity index is 627. The highest BCUT2D eigenvalue weighted by Crippen LogP contribution is 2.29. The van der Waals surface area contributed by atoms with Crippen molar-refractivity contribution < 1.29 is 23.1 Å². The van der Waals surface area contributed by atoms with Crippen LogP contribution in [-0.2, 0) is 6.18 Å². The SMILES string of the molecule is O=C(O)c1ccnc(Nc2ccc(C(F)(F)F)cn2)c1. The summed E-state index contributed by atoms with van der Waals surface area (Å²) in [4.78, 5) is 18.2. The lowest BCUT2D eigenvalue weighted by Crippen LogP contribution is -2.06. The number of nitrogens with zero attached hydrogens (tertiary/aromatic N) is 2. The molecule has 0 aromatic carbocycles. The summed E-state index contributed by atoms with van der Waals surface area (Å²) < 4.78 is 37.1. The van der Waals surface area contributed by atoms with Crippen LogP contribution in [0.3, 0.4) is 0 Å². The van der Waals surface area contributed by atoms with Gasteiger partial charge in [-0.05, 0) is 24.3 Å². The maximum absolute atomic E-state index is 12.4. The van der Waals surface area contributed by atoms with E-state index in [-0.39, 0.29) is 17.2 Å². The molecule has 0 spiro atoms. The van der Waals surface area contributed by atoms with Crippen LogP contribution in [0, 0.1) is 0 Å². The Morgan fingerprint density at radius 1 is 1.15 bits per heavy atom. The lowest BCUT2D eigenvalue weighted by molar-refractivity contribution is -0.137. The molecule has 5 nitrogen and oxygen atoms in total. The summed E-state index contributed by atoms with van der Waals surface area (Å²) in [5, 5.41) is 11.4. The zero-order chi connectivity index (χ0) is 14.8. The van der Waals surface area contributed by atoms with E-state index in [1.54, 1.807) is 0 Å². The third kappa shape index (κ3) is 3.22. The molecule has 2 aromatic heterocycles. The zero-order valence-electron chi connectivity index (χ0n) is 9.85. The number of carboxylic acid groups (broad SMARTS) is 1. The minimum Gasteiger partial charge on any atom is -0.478 e. The van der Waals surface area contributed by atoms with Gasteiger partial charge in [0.25, 0.3) is 0 Å². The summed E-state index contributed by atoms with van der Waals surface area (Å²) in [6, 6.07) is 4.56. The lowest BCUT2D eigenvalue weighted by Gasteiger charge is -2.08. The maximum Gasteiger partial charge on any atom is 0.417 e. The Morgan fingerprint density at radius 2 is 1.90 bits per heavy atom. The number of aromatic nitrogens is 2. The molecule has 2 N–H and O–H groups in total. The van der Waals surface area contributed by atoms with E-state index < -0.39 is 17.7 Å². The van der Waals surface area contributed by atoms with Crippen molar-refractivity contribution >= 4 is 17.6 Å². The van der Waals surface area contributed by atoms with Crippen molar-refractivity contribution in [1.82, 2.24) is 9.97 Å². The molecule has 0 bridgehead atoms. The van der Waals surface area contributed by atoms with Crippen LogP contribution in [0.5, 0.6) is 0 Å². The van der Waals surface area contributed by atoms with Gasteiger partial charge in [-0.25, -0.2) is 14.8 Å². The number of carbonyl (C=O) groups is 1. The van der Waals surface area contributed by atoms with Gasteiger partial charge in [0.05, 0.1) is 11.1 Å². The van der Waals surface area contributed by atoms with Crippen molar-refractivity contribution in [3.63, 3.8) is 0 Å². The number of rotatable bonds is 3. The molecule has 8 heteroatoms. The molecule has 0 fully saturated rings. The third-order valence-electron chi connectivity index (χ3n) is 2.35. The van der Waals surface area contributed by atoms with Crippen LogP contribution in [0.1, 0.15) is 15.9 Å². The van der Waals surface area contributed by atoms with Crippen LogP contribution in [-0.4, -0.2) is 21.0 Å². The zero-order valence-corrected chi connectivity index (χ0v) is 9.85. The van der Waals surface area contributed by atoms with Crippen LogP contribution < -0.4 is 5.32 Å². The number of alkyl halides is 3. The summed E-state index contributed by atoms with van der Waals surface area (Å²) in [6.07, 6.45) is -2.49. The predicted octanol–water partition coefficient (Wildman–Crippen LogP) is 2.94. The Morgan fingerprint density at radius 3 is 2.45 bits per heavy atom. The van der Waals surface area contributed by atoms with Gasteiger partial charge in [-0.3, -0.25) is 0 Å². The van der Waals surface area contributed by atoms with E-state index in [9.17, 15) is 18.0 Å². The first kappa shape index (κ1) is 13.8. The van der Waals surface area contributed by atoms with Gasteiger partial charge in [0, 0.05) is 12.4 Å². The van der Waals surface area contributed by atoms with E-state index in [0.29, 0.717) is 6.20 Å². The first-order valence-electron chi connectivity index (χ1n) is 5.36. The molecule has 0 aliphatic heterocycles. The molecule has 2 rings (SSSR count). The standard InChI is InChI=1S/C12H8F3N3O2/c13-12(14,15)8-1-2-9(17-6-8)18-10-5-7(11(19)20)3-4-16-10/h1-6H,(H,19,20)(H,16,17,18). The largest absolute Gasteiger partial charge is 0.478 e. The smallest absolute Gasteiger partial charge is 0.417 e. The fraction of sp³-hybridized carbons (Fsp3) is 0.0833. The minimum absolute atomic E-state index is 0.00871. The Labute approximate surface area is 111 Å². The highest BCUT2D eigenvalue weighted by atomic mass is 19.4. The number of carboxylic acids is 1. The van der Waals surface area contributed by atoms with Gasteiger partial charge in [0.15, 0.2) is 0 Å².